The topological polar surface area (TPSA) is 65.9 Å². The highest BCUT2D eigenvalue weighted by Crippen LogP contribution is 2.07. The lowest BCUT2D eigenvalue weighted by Gasteiger charge is -2.03. The molecule has 15 heavy (non-hydrogen) atoms. The quantitative estimate of drug-likeness (QED) is 0.567. The van der Waals surface area contributed by atoms with Crippen molar-refractivity contribution in [2.45, 2.75) is 0 Å². The Hall–Kier alpha value is -1.46. The number of anilines is 1. The Kier molecular flexibility index (Phi) is 4.73. The van der Waals surface area contributed by atoms with Crippen LogP contribution in [0.2, 0.25) is 0 Å². The maximum atomic E-state index is 12.5. The predicted octanol–water partition coefficient (Wildman–Crippen LogP) is -0.680. The number of carbonyl (C=O) groups is 1. The molecule has 0 heterocycles. The molecule has 0 fully saturated rings. The van der Waals surface area contributed by atoms with E-state index in [0.29, 0.717) is 12.2 Å². The maximum absolute atomic E-state index is 12.5. The number of aliphatic hydroxyl groups is 1. The molecule has 0 spiro atoms. The molecule has 0 atom stereocenters. The van der Waals surface area contributed by atoms with Gasteiger partial charge in [-0.25, -0.2) is 4.39 Å². The molecule has 0 aliphatic heterocycles. The second kappa shape index (κ2) is 6.10. The highest BCUT2D eigenvalue weighted by Gasteiger charge is 2.03. The number of nitrogens with two attached hydrogens (primary N) is 1. The number of hydrogen-bond donors (Lipinski definition) is 3. The number of rotatable bonds is 5. The Bertz CT molecular complexity index is 314. The zero-order valence-corrected chi connectivity index (χ0v) is 8.24. The summed E-state index contributed by atoms with van der Waals surface area (Å²) in [4.78, 5) is 11.3. The third-order valence-corrected chi connectivity index (χ3v) is 1.79. The maximum Gasteiger partial charge on any atom is 0.279 e. The molecule has 0 radical (unpaired) electrons. The summed E-state index contributed by atoms with van der Waals surface area (Å²) >= 11 is 0. The van der Waals surface area contributed by atoms with Gasteiger partial charge in [0.1, 0.15) is 5.82 Å². The lowest BCUT2D eigenvalue weighted by Crippen LogP contribution is -2.87. The standard InChI is InChI=1S/C10H13FN2O2/c11-8-1-3-9(4-2-8)13-10(15)7-12-5-6-14/h1-4,12,14H,5-7H2,(H,13,15)/p+1. The Morgan fingerprint density at radius 3 is 2.67 bits per heavy atom. The highest BCUT2D eigenvalue weighted by atomic mass is 19.1. The van der Waals surface area contributed by atoms with E-state index < -0.39 is 0 Å². The van der Waals surface area contributed by atoms with E-state index in [-0.39, 0.29) is 24.9 Å². The van der Waals surface area contributed by atoms with E-state index in [9.17, 15) is 9.18 Å². The van der Waals surface area contributed by atoms with Gasteiger partial charge in [-0.3, -0.25) is 4.79 Å². The van der Waals surface area contributed by atoms with Gasteiger partial charge in [-0.1, -0.05) is 0 Å². The van der Waals surface area contributed by atoms with Crippen molar-refractivity contribution < 1.29 is 19.6 Å². The van der Waals surface area contributed by atoms with E-state index in [1.54, 1.807) is 5.32 Å². The Balaban J connectivity index is 2.34. The molecule has 82 valence electrons. The molecule has 0 saturated carbocycles. The van der Waals surface area contributed by atoms with Crippen molar-refractivity contribution >= 4 is 11.6 Å². The molecule has 0 aromatic heterocycles. The molecular formula is C10H14FN2O2+. The van der Waals surface area contributed by atoms with Crippen molar-refractivity contribution in [2.75, 3.05) is 25.0 Å². The van der Waals surface area contributed by atoms with E-state index >= 15 is 0 Å². The largest absolute Gasteiger partial charge is 0.391 e. The molecule has 1 aromatic rings. The SMILES string of the molecule is O=C(C[NH2+]CCO)Nc1ccc(F)cc1. The number of halogens is 1. The molecule has 0 saturated heterocycles. The van der Waals surface area contributed by atoms with Gasteiger partial charge in [0.2, 0.25) is 0 Å². The predicted molar refractivity (Wildman–Crippen MR) is 53.8 cm³/mol. The number of benzene rings is 1. The molecule has 0 aliphatic rings. The van der Waals surface area contributed by atoms with E-state index in [0.717, 1.165) is 0 Å². The third kappa shape index (κ3) is 4.53. The van der Waals surface area contributed by atoms with E-state index in [1.807, 2.05) is 0 Å². The smallest absolute Gasteiger partial charge is 0.279 e. The van der Waals surface area contributed by atoms with Gasteiger partial charge in [0.25, 0.3) is 5.91 Å². The van der Waals surface area contributed by atoms with Crippen LogP contribution in [0, 0.1) is 5.82 Å². The highest BCUT2D eigenvalue weighted by molar-refractivity contribution is 5.91. The number of carbonyl (C=O) groups excluding carboxylic acids is 1. The van der Waals surface area contributed by atoms with Crippen LogP contribution in [0.3, 0.4) is 0 Å². The lowest BCUT2D eigenvalue weighted by molar-refractivity contribution is -0.644. The molecular weight excluding hydrogens is 199 g/mol. The third-order valence-electron chi connectivity index (χ3n) is 1.79. The van der Waals surface area contributed by atoms with Gasteiger partial charge in [0.05, 0.1) is 13.2 Å². The molecule has 4 N–H and O–H groups in total. The summed E-state index contributed by atoms with van der Waals surface area (Å²) in [5, 5.41) is 12.8. The Labute approximate surface area is 87.1 Å². The first-order valence-electron chi connectivity index (χ1n) is 4.70. The second-order valence-electron chi connectivity index (χ2n) is 3.06. The van der Waals surface area contributed by atoms with Crippen LogP contribution in [-0.4, -0.2) is 30.7 Å². The van der Waals surface area contributed by atoms with Crippen LogP contribution >= 0.6 is 0 Å². The van der Waals surface area contributed by atoms with Crippen LogP contribution in [0.5, 0.6) is 0 Å². The summed E-state index contributed by atoms with van der Waals surface area (Å²) in [6.45, 7) is 0.790. The fourth-order valence-electron chi connectivity index (χ4n) is 1.07. The van der Waals surface area contributed by atoms with E-state index in [4.69, 9.17) is 5.11 Å². The summed E-state index contributed by atoms with van der Waals surface area (Å²) in [7, 11) is 0. The van der Waals surface area contributed by atoms with Crippen molar-refractivity contribution in [2.24, 2.45) is 0 Å². The van der Waals surface area contributed by atoms with Gasteiger partial charge in [0.15, 0.2) is 6.54 Å². The lowest BCUT2D eigenvalue weighted by atomic mass is 10.3. The fourth-order valence-corrected chi connectivity index (χ4v) is 1.07. The minimum Gasteiger partial charge on any atom is -0.391 e. The molecule has 5 heteroatoms. The number of nitrogens with one attached hydrogen (secondary N) is 1. The molecule has 1 amide bonds. The molecule has 1 aromatic carbocycles. The second-order valence-corrected chi connectivity index (χ2v) is 3.06. The summed E-state index contributed by atoms with van der Waals surface area (Å²) < 4.78 is 12.5. The normalized spacial score (nSPS) is 10.0. The van der Waals surface area contributed by atoms with Gasteiger partial charge in [-0.15, -0.1) is 0 Å². The van der Waals surface area contributed by atoms with Crippen molar-refractivity contribution in [1.82, 2.24) is 0 Å². The number of quaternary nitrogens is 1. The first-order valence-corrected chi connectivity index (χ1v) is 4.70. The zero-order chi connectivity index (χ0) is 11.1. The van der Waals surface area contributed by atoms with Crippen molar-refractivity contribution in [3.05, 3.63) is 30.1 Å². The van der Waals surface area contributed by atoms with Gasteiger partial charge in [-0.2, -0.15) is 0 Å². The van der Waals surface area contributed by atoms with Gasteiger partial charge in [-0.05, 0) is 24.3 Å². The molecule has 4 nitrogen and oxygen atoms in total. The van der Waals surface area contributed by atoms with E-state index in [2.05, 4.69) is 5.32 Å². The average Bonchev–Trinajstić information content (AvgIpc) is 2.22. The van der Waals surface area contributed by atoms with Crippen LogP contribution < -0.4 is 10.6 Å². The van der Waals surface area contributed by atoms with Crippen LogP contribution in [0.1, 0.15) is 0 Å². The van der Waals surface area contributed by atoms with Crippen LogP contribution in [0.4, 0.5) is 10.1 Å². The molecule has 0 bridgehead atoms. The van der Waals surface area contributed by atoms with Crippen molar-refractivity contribution in [1.29, 1.82) is 0 Å². The van der Waals surface area contributed by atoms with E-state index in [1.165, 1.54) is 24.3 Å². The zero-order valence-electron chi connectivity index (χ0n) is 8.24. The molecule has 0 unspecified atom stereocenters. The summed E-state index contributed by atoms with van der Waals surface area (Å²) in [5.74, 6) is -0.505. The van der Waals surface area contributed by atoms with Crippen LogP contribution in [0.15, 0.2) is 24.3 Å². The molecule has 0 aliphatic carbocycles. The Morgan fingerprint density at radius 2 is 2.07 bits per heavy atom. The van der Waals surface area contributed by atoms with Crippen LogP contribution in [-0.2, 0) is 4.79 Å². The fraction of sp³-hybridized carbons (Fsp3) is 0.300. The first kappa shape index (κ1) is 11.6. The minimum absolute atomic E-state index is 0.0455. The van der Waals surface area contributed by atoms with Gasteiger partial charge < -0.3 is 15.7 Å². The van der Waals surface area contributed by atoms with Crippen LogP contribution in [0.25, 0.3) is 0 Å². The summed E-state index contributed by atoms with van der Waals surface area (Å²) in [6, 6.07) is 5.57. The number of amides is 1. The average molecular weight is 213 g/mol. The first-order chi connectivity index (χ1) is 7.22. The monoisotopic (exact) mass is 213 g/mol. The summed E-state index contributed by atoms with van der Waals surface area (Å²) in [5.41, 5.74) is 0.568. The molecule has 1 rings (SSSR count). The summed E-state index contributed by atoms with van der Waals surface area (Å²) in [6.07, 6.45) is 0. The van der Waals surface area contributed by atoms with Gasteiger partial charge in [0, 0.05) is 5.69 Å². The number of aliphatic hydroxyl groups excluding tert-OH is 1. The van der Waals surface area contributed by atoms with Crippen molar-refractivity contribution in [3.8, 4) is 0 Å². The Morgan fingerprint density at radius 1 is 1.40 bits per heavy atom. The van der Waals surface area contributed by atoms with Gasteiger partial charge >= 0.3 is 0 Å². The van der Waals surface area contributed by atoms with Crippen molar-refractivity contribution in [3.63, 3.8) is 0 Å². The minimum atomic E-state index is -0.333. The number of hydrogen-bond acceptors (Lipinski definition) is 2.